The Morgan fingerprint density at radius 1 is 1.56 bits per heavy atom. The van der Waals surface area contributed by atoms with E-state index in [1.54, 1.807) is 0 Å². The van der Waals surface area contributed by atoms with E-state index in [0.29, 0.717) is 12.1 Å². The minimum Gasteiger partial charge on any atom is -0.508 e. The number of carbonyl (C=O) groups is 1. The topological polar surface area (TPSA) is 92.8 Å². The highest BCUT2D eigenvalue weighted by atomic mass is 16.5. The molecule has 0 aromatic heterocycles. The van der Waals surface area contributed by atoms with Crippen LogP contribution in [-0.4, -0.2) is 29.8 Å². The summed E-state index contributed by atoms with van der Waals surface area (Å²) < 4.78 is 4.88. The number of hydrogen-bond donors (Lipinski definition) is 3. The van der Waals surface area contributed by atoms with Crippen molar-refractivity contribution < 1.29 is 19.7 Å². The normalized spacial score (nSPS) is 12.2. The van der Waals surface area contributed by atoms with Gasteiger partial charge in [0, 0.05) is 6.07 Å². The number of ether oxygens (including phenoxy) is 1. The molecule has 0 saturated heterocycles. The molecule has 5 nitrogen and oxygen atoms in total. The third-order valence-electron chi connectivity index (χ3n) is 2.46. The summed E-state index contributed by atoms with van der Waals surface area (Å²) in [7, 11) is 1.35. The Balaban J connectivity index is 3.33. The minimum absolute atomic E-state index is 0.000185. The molecule has 1 aromatic rings. The molecule has 0 radical (unpaired) electrons. The van der Waals surface area contributed by atoms with Gasteiger partial charge in [0.15, 0.2) is 0 Å². The Morgan fingerprint density at radius 2 is 2.19 bits per heavy atom. The van der Waals surface area contributed by atoms with Gasteiger partial charge in [0.05, 0.1) is 7.11 Å². The highest BCUT2D eigenvalue weighted by Gasteiger charge is 2.17. The summed E-state index contributed by atoms with van der Waals surface area (Å²) >= 11 is 0. The molecule has 16 heavy (non-hydrogen) atoms. The summed E-state index contributed by atoms with van der Waals surface area (Å²) in [5, 5.41) is 18.7. The summed E-state index contributed by atoms with van der Waals surface area (Å²) in [5.41, 5.74) is 6.02. The summed E-state index contributed by atoms with van der Waals surface area (Å²) in [4.78, 5) is 11.0. The van der Waals surface area contributed by atoms with E-state index in [0.717, 1.165) is 0 Å². The van der Waals surface area contributed by atoms with Crippen LogP contribution in [0.1, 0.15) is 28.8 Å². The summed E-state index contributed by atoms with van der Waals surface area (Å²) in [6.07, 6.45) is 0. The fourth-order valence-corrected chi connectivity index (χ4v) is 1.44. The molecule has 4 N–H and O–H groups in total. The van der Waals surface area contributed by atoms with E-state index in [1.807, 2.05) is 6.92 Å². The molecule has 0 amide bonds. The lowest BCUT2D eigenvalue weighted by Crippen LogP contribution is -2.10. The number of carboxylic acid groups (broad SMARTS) is 1. The first-order chi connectivity index (χ1) is 7.51. The van der Waals surface area contributed by atoms with Crippen LogP contribution in [0.2, 0.25) is 0 Å². The molecule has 1 rings (SSSR count). The lowest BCUT2D eigenvalue weighted by molar-refractivity contribution is 0.0693. The first-order valence-electron chi connectivity index (χ1n) is 4.85. The van der Waals surface area contributed by atoms with Gasteiger partial charge >= 0.3 is 5.97 Å². The number of aromatic carboxylic acids is 1. The zero-order valence-corrected chi connectivity index (χ0v) is 9.23. The molecular formula is C11H15NO4. The Bertz CT molecular complexity index is 403. The van der Waals surface area contributed by atoms with Gasteiger partial charge in [-0.15, -0.1) is 0 Å². The molecule has 0 saturated carbocycles. The maximum atomic E-state index is 11.0. The Kier molecular flexibility index (Phi) is 3.73. The maximum Gasteiger partial charge on any atom is 0.339 e. The summed E-state index contributed by atoms with van der Waals surface area (Å²) in [6, 6.07) is 2.69. The second kappa shape index (κ2) is 4.85. The van der Waals surface area contributed by atoms with Crippen LogP contribution in [0, 0.1) is 0 Å². The molecule has 0 spiro atoms. The highest BCUT2D eigenvalue weighted by molar-refractivity contribution is 5.91. The first kappa shape index (κ1) is 12.3. The van der Waals surface area contributed by atoms with Gasteiger partial charge in [0.1, 0.15) is 17.1 Å². The van der Waals surface area contributed by atoms with Crippen LogP contribution in [0.3, 0.4) is 0 Å². The van der Waals surface area contributed by atoms with E-state index in [9.17, 15) is 9.90 Å². The smallest absolute Gasteiger partial charge is 0.339 e. The van der Waals surface area contributed by atoms with Crippen LogP contribution in [0.15, 0.2) is 12.1 Å². The zero-order valence-electron chi connectivity index (χ0n) is 9.23. The number of benzene rings is 1. The monoisotopic (exact) mass is 225 g/mol. The lowest BCUT2D eigenvalue weighted by Gasteiger charge is -2.14. The van der Waals surface area contributed by atoms with Gasteiger partial charge in [-0.2, -0.15) is 0 Å². The van der Waals surface area contributed by atoms with E-state index in [4.69, 9.17) is 15.6 Å². The van der Waals surface area contributed by atoms with Crippen molar-refractivity contribution in [1.29, 1.82) is 0 Å². The molecular weight excluding hydrogens is 210 g/mol. The lowest BCUT2D eigenvalue weighted by atomic mass is 9.97. The molecule has 1 atom stereocenters. The molecule has 88 valence electrons. The number of phenolic OH excluding ortho intramolecular Hbond substituents is 1. The summed E-state index contributed by atoms with van der Waals surface area (Å²) in [5.74, 6) is -1.07. The van der Waals surface area contributed by atoms with E-state index in [2.05, 4.69) is 0 Å². The van der Waals surface area contributed by atoms with Gasteiger partial charge in [-0.05, 0) is 24.1 Å². The van der Waals surface area contributed by atoms with Gasteiger partial charge in [-0.1, -0.05) is 6.92 Å². The van der Waals surface area contributed by atoms with E-state index < -0.39 is 5.97 Å². The first-order valence-corrected chi connectivity index (χ1v) is 4.85. The second-order valence-electron chi connectivity index (χ2n) is 3.55. The molecule has 0 fully saturated rings. The van der Waals surface area contributed by atoms with E-state index in [1.165, 1.54) is 19.2 Å². The molecule has 0 aliphatic carbocycles. The van der Waals surface area contributed by atoms with E-state index >= 15 is 0 Å². The molecule has 0 heterocycles. The quantitative estimate of drug-likeness (QED) is 0.715. The van der Waals surface area contributed by atoms with Gasteiger partial charge in [-0.3, -0.25) is 0 Å². The number of phenols is 1. The predicted octanol–water partition coefficient (Wildman–Crippen LogP) is 1.16. The standard InChI is InChI=1S/C11H15NO4/c1-6(5-12)7-3-8(11(14)15)10(16-2)4-9(7)13/h3-4,6,13H,5,12H2,1-2H3,(H,14,15). The van der Waals surface area contributed by atoms with Gasteiger partial charge < -0.3 is 20.7 Å². The number of methoxy groups -OCH3 is 1. The van der Waals surface area contributed by atoms with Gasteiger partial charge in [0.2, 0.25) is 0 Å². The Labute approximate surface area is 93.5 Å². The van der Waals surface area contributed by atoms with Crippen LogP contribution in [0.4, 0.5) is 0 Å². The molecule has 1 aromatic carbocycles. The van der Waals surface area contributed by atoms with Crippen molar-refractivity contribution in [2.75, 3.05) is 13.7 Å². The molecule has 0 aliphatic heterocycles. The number of aromatic hydroxyl groups is 1. The minimum atomic E-state index is -1.10. The van der Waals surface area contributed by atoms with Crippen molar-refractivity contribution in [2.24, 2.45) is 5.73 Å². The third kappa shape index (κ3) is 2.25. The van der Waals surface area contributed by atoms with Crippen molar-refractivity contribution in [1.82, 2.24) is 0 Å². The van der Waals surface area contributed by atoms with Crippen molar-refractivity contribution in [3.05, 3.63) is 23.3 Å². The predicted molar refractivity (Wildman–Crippen MR) is 59.1 cm³/mol. The van der Waals surface area contributed by atoms with Crippen LogP contribution < -0.4 is 10.5 Å². The van der Waals surface area contributed by atoms with Crippen molar-refractivity contribution in [2.45, 2.75) is 12.8 Å². The van der Waals surface area contributed by atoms with Crippen LogP contribution in [0.5, 0.6) is 11.5 Å². The fourth-order valence-electron chi connectivity index (χ4n) is 1.44. The molecule has 5 heteroatoms. The van der Waals surface area contributed by atoms with E-state index in [-0.39, 0.29) is 23.0 Å². The van der Waals surface area contributed by atoms with Gasteiger partial charge in [0.25, 0.3) is 0 Å². The SMILES string of the molecule is COc1cc(O)c(C(C)CN)cc1C(=O)O. The van der Waals surface area contributed by atoms with Gasteiger partial charge in [-0.25, -0.2) is 4.79 Å². The summed E-state index contributed by atoms with van der Waals surface area (Å²) in [6.45, 7) is 2.14. The van der Waals surface area contributed by atoms with Crippen LogP contribution >= 0.6 is 0 Å². The largest absolute Gasteiger partial charge is 0.508 e. The zero-order chi connectivity index (χ0) is 12.3. The molecule has 1 unspecified atom stereocenters. The number of carboxylic acids is 1. The number of hydrogen-bond acceptors (Lipinski definition) is 4. The van der Waals surface area contributed by atoms with Crippen LogP contribution in [-0.2, 0) is 0 Å². The van der Waals surface area contributed by atoms with Crippen molar-refractivity contribution in [3.8, 4) is 11.5 Å². The number of nitrogens with two attached hydrogens (primary N) is 1. The average Bonchev–Trinajstić information content (AvgIpc) is 2.27. The Hall–Kier alpha value is -1.75. The van der Waals surface area contributed by atoms with Crippen LogP contribution in [0.25, 0.3) is 0 Å². The Morgan fingerprint density at radius 3 is 2.62 bits per heavy atom. The second-order valence-corrected chi connectivity index (χ2v) is 3.55. The fraction of sp³-hybridized carbons (Fsp3) is 0.364. The number of rotatable bonds is 4. The highest BCUT2D eigenvalue weighted by Crippen LogP contribution is 2.32. The third-order valence-corrected chi connectivity index (χ3v) is 2.46. The molecule has 0 bridgehead atoms. The van der Waals surface area contributed by atoms with Crippen molar-refractivity contribution in [3.63, 3.8) is 0 Å². The van der Waals surface area contributed by atoms with Crippen molar-refractivity contribution >= 4 is 5.97 Å². The average molecular weight is 225 g/mol. The molecule has 0 aliphatic rings. The maximum absolute atomic E-state index is 11.0.